The molecule has 7 nitrogen and oxygen atoms in total. The third kappa shape index (κ3) is 304. The van der Waals surface area contributed by atoms with Crippen LogP contribution in [0.2, 0.25) is 0 Å². The Bertz CT molecular complexity index is 161. The maximum Gasteiger partial charge on any atom is 2.00 e. The van der Waals surface area contributed by atoms with Crippen LogP contribution in [0.25, 0.3) is 0 Å². The molecule has 11 heteroatoms. The maximum atomic E-state index is 8.52. The molecule has 0 aliphatic heterocycles. The molecule has 0 spiro atoms. The topological polar surface area (TPSA) is 143 Å². The van der Waals surface area contributed by atoms with Gasteiger partial charge in [-0.3, -0.25) is 8.42 Å². The first-order chi connectivity index (χ1) is 3.73. The van der Waals surface area contributed by atoms with Crippen molar-refractivity contribution >= 4 is 95.7 Å². The Morgan fingerprint density at radius 2 is 1.09 bits per heavy atom. The zero-order chi connectivity index (χ0) is 8.08. The normalized spacial score (nSPS) is 7.45. The molecule has 0 N–H and O–H groups in total. The largest absolute Gasteiger partial charge is 2.00 e. The van der Waals surface area contributed by atoms with Gasteiger partial charge < -0.3 is 23.2 Å². The Kier molecular flexibility index (Phi) is 25.2. The molecule has 58 valence electrons. The van der Waals surface area contributed by atoms with Gasteiger partial charge in [0, 0.05) is 19.6 Å². The van der Waals surface area contributed by atoms with E-state index in [2.05, 4.69) is 0 Å². The molecule has 0 aromatic heterocycles. The number of hydrogen-bond acceptors (Lipinski definition) is 7. The third-order valence-corrected chi connectivity index (χ3v) is 0. The standard InChI is InChI=1S/Ba.H2O4S.O3Si.Pb/c;1-5(2,3)4;1-4(2)3;/h;(H2,1,2,3,4);;/q+2;;-2;+2/p-2. The molecule has 0 heterocycles. The summed E-state index contributed by atoms with van der Waals surface area (Å²) in [6, 6.07) is 0. The summed E-state index contributed by atoms with van der Waals surface area (Å²) in [6.07, 6.45) is 0. The van der Waals surface area contributed by atoms with Crippen molar-refractivity contribution in [2.45, 2.75) is 0 Å². The van der Waals surface area contributed by atoms with Gasteiger partial charge in [0.15, 0.2) is 0 Å². The minimum absolute atomic E-state index is 0. The molecule has 0 bridgehead atoms. The summed E-state index contributed by atoms with van der Waals surface area (Å²) in [5, 5.41) is 0. The van der Waals surface area contributed by atoms with Gasteiger partial charge in [0.2, 0.25) is 0 Å². The van der Waals surface area contributed by atoms with Crippen LogP contribution in [0.4, 0.5) is 0 Å². The van der Waals surface area contributed by atoms with Crippen LogP contribution in [-0.4, -0.2) is 103 Å². The smallest absolute Gasteiger partial charge is 0.759 e. The van der Waals surface area contributed by atoms with Crippen LogP contribution in [0.3, 0.4) is 0 Å². The second-order valence-electron chi connectivity index (χ2n) is 0.658. The summed E-state index contributed by atoms with van der Waals surface area (Å²) < 4.78 is 42.6. The predicted molar refractivity (Wildman–Crippen MR) is 28.4 cm³/mol. The van der Waals surface area contributed by atoms with Crippen molar-refractivity contribution in [3.8, 4) is 0 Å². The summed E-state index contributed by atoms with van der Waals surface area (Å²) in [5.41, 5.74) is 0. The maximum absolute atomic E-state index is 8.52. The van der Waals surface area contributed by atoms with E-state index in [1.165, 1.54) is 0 Å². The number of hydrogen-bond donors (Lipinski definition) is 0. The van der Waals surface area contributed by atoms with Crippen LogP contribution in [0.15, 0.2) is 0 Å². The molecule has 0 saturated heterocycles. The van der Waals surface area contributed by atoms with Gasteiger partial charge in [0.1, 0.15) is 0 Å². The first kappa shape index (κ1) is 23.1. The Labute approximate surface area is 125 Å². The summed E-state index contributed by atoms with van der Waals surface area (Å²) in [6.45, 7) is 0. The number of rotatable bonds is 0. The van der Waals surface area contributed by atoms with E-state index in [1.807, 2.05) is 0 Å². The molecule has 2 radical (unpaired) electrons. The van der Waals surface area contributed by atoms with Crippen LogP contribution in [-0.2, 0) is 14.9 Å². The van der Waals surface area contributed by atoms with Gasteiger partial charge in [-0.25, -0.2) is 0 Å². The predicted octanol–water partition coefficient (Wildman–Crippen LogP) is -4.98. The minimum Gasteiger partial charge on any atom is -0.759 e. The average Bonchev–Trinajstić information content (AvgIpc) is 1.19. The van der Waals surface area contributed by atoms with Gasteiger partial charge in [-0.05, 0) is 0 Å². The summed E-state index contributed by atoms with van der Waals surface area (Å²) in [4.78, 5) is 17.0. The van der Waals surface area contributed by atoms with Crippen molar-refractivity contribution in [3.63, 3.8) is 0 Å². The van der Waals surface area contributed by atoms with Crippen molar-refractivity contribution in [2.24, 2.45) is 0 Å². The molecule has 0 amide bonds. The molecule has 0 aliphatic rings. The van der Waals surface area contributed by atoms with E-state index in [9.17, 15) is 0 Å². The summed E-state index contributed by atoms with van der Waals surface area (Å²) in [5.74, 6) is 0. The summed E-state index contributed by atoms with van der Waals surface area (Å²) in [7, 11) is -8.80. The van der Waals surface area contributed by atoms with Gasteiger partial charge >= 0.3 is 76.2 Å². The van der Waals surface area contributed by atoms with Gasteiger partial charge in [0.05, 0.1) is 0 Å². The molecule has 0 atom stereocenters. The van der Waals surface area contributed by atoms with Crippen LogP contribution in [0.5, 0.6) is 0 Å². The first-order valence-electron chi connectivity index (χ1n) is 1.28. The van der Waals surface area contributed by atoms with Gasteiger partial charge in [0.25, 0.3) is 0 Å². The zero-order valence-corrected chi connectivity index (χ0v) is 15.1. The fourth-order valence-corrected chi connectivity index (χ4v) is 0. The van der Waals surface area contributed by atoms with E-state index in [0.29, 0.717) is 0 Å². The third-order valence-electron chi connectivity index (χ3n) is 0. The van der Waals surface area contributed by atoms with Crippen LogP contribution >= 0.6 is 0 Å². The first-order valence-corrected chi connectivity index (χ1v) is 3.84. The molecule has 0 aromatic rings. The van der Waals surface area contributed by atoms with E-state index < -0.39 is 19.6 Å². The quantitative estimate of drug-likeness (QED) is 0.178. The zero-order valence-electron chi connectivity index (χ0n) is 4.97. The van der Waals surface area contributed by atoms with Crippen LogP contribution in [0, 0.1) is 0 Å². The van der Waals surface area contributed by atoms with Crippen molar-refractivity contribution in [1.29, 1.82) is 0 Å². The second-order valence-corrected chi connectivity index (χ2v) is 1.97. The Hall–Kier alpha value is 1.98. The summed E-state index contributed by atoms with van der Waals surface area (Å²) >= 11 is 0. The fraction of sp³-hybridized carbons (Fsp3) is 0. The van der Waals surface area contributed by atoms with E-state index in [4.69, 9.17) is 31.6 Å². The van der Waals surface area contributed by atoms with Crippen LogP contribution in [0.1, 0.15) is 0 Å². The van der Waals surface area contributed by atoms with Gasteiger partial charge in [-0.2, -0.15) is 0 Å². The minimum atomic E-state index is -5.17. The molecule has 11 heavy (non-hydrogen) atoms. The van der Waals surface area contributed by atoms with E-state index in [1.54, 1.807) is 0 Å². The average molecular weight is 517 g/mol. The molecule has 0 aliphatic carbocycles. The van der Waals surface area contributed by atoms with Crippen molar-refractivity contribution < 1.29 is 31.6 Å². The molecular weight excluding hydrogens is 517 g/mol. The second kappa shape index (κ2) is 12.0. The van der Waals surface area contributed by atoms with Gasteiger partial charge in [-0.15, -0.1) is 0 Å². The SMILES string of the molecule is O=S(=O)([O-])[O-].O=[Si]([O-])[O-].[Ba+2].[Pb+2]. The van der Waals surface area contributed by atoms with Crippen LogP contribution < -0.4 is 9.59 Å². The van der Waals surface area contributed by atoms with E-state index in [0.717, 1.165) is 0 Å². The Balaban J connectivity index is -0.0000000383. The molecule has 0 aromatic carbocycles. The molecule has 0 fully saturated rings. The monoisotopic (exact) mass is 518 g/mol. The Morgan fingerprint density at radius 1 is 1.09 bits per heavy atom. The Morgan fingerprint density at radius 3 is 1.09 bits per heavy atom. The van der Waals surface area contributed by atoms with Crippen molar-refractivity contribution in [1.82, 2.24) is 0 Å². The van der Waals surface area contributed by atoms with E-state index in [-0.39, 0.29) is 76.2 Å². The van der Waals surface area contributed by atoms with Gasteiger partial charge in [-0.1, -0.05) is 0 Å². The van der Waals surface area contributed by atoms with E-state index >= 15 is 0 Å². The fourth-order valence-electron chi connectivity index (χ4n) is 0. The molecule has 0 saturated carbocycles. The molecule has 0 rings (SSSR count). The van der Waals surface area contributed by atoms with Crippen molar-refractivity contribution in [2.75, 3.05) is 0 Å². The van der Waals surface area contributed by atoms with Crippen molar-refractivity contribution in [3.05, 3.63) is 0 Å². The molecule has 0 unspecified atom stereocenters. The molecular formula is BaO7PbSSi.